The normalized spacial score (nSPS) is 10.1. The molecule has 4 heteroatoms. The second-order valence-electron chi connectivity index (χ2n) is 3.27. The van der Waals surface area contributed by atoms with Crippen molar-refractivity contribution in [3.63, 3.8) is 0 Å². The summed E-state index contributed by atoms with van der Waals surface area (Å²) < 4.78 is 5.39. The van der Waals surface area contributed by atoms with E-state index in [2.05, 4.69) is 10.2 Å². The highest BCUT2D eigenvalue weighted by molar-refractivity contribution is 5.60. The van der Waals surface area contributed by atoms with Crippen LogP contribution in [0.25, 0.3) is 11.3 Å². The number of rotatable bonds is 3. The molecular formula is C12H12N2O2. The van der Waals surface area contributed by atoms with Gasteiger partial charge in [-0.15, -0.1) is 0 Å². The Kier molecular flexibility index (Phi) is 3.00. The van der Waals surface area contributed by atoms with E-state index in [1.54, 1.807) is 6.07 Å². The zero-order valence-corrected chi connectivity index (χ0v) is 8.93. The topological polar surface area (TPSA) is 55.0 Å². The maximum absolute atomic E-state index is 10.9. The van der Waals surface area contributed by atoms with Gasteiger partial charge < -0.3 is 4.74 Å². The van der Waals surface area contributed by atoms with E-state index in [-0.39, 0.29) is 5.56 Å². The predicted octanol–water partition coefficient (Wildman–Crippen LogP) is 1.84. The molecule has 82 valence electrons. The quantitative estimate of drug-likeness (QED) is 0.851. The second kappa shape index (κ2) is 4.61. The minimum atomic E-state index is -0.204. The van der Waals surface area contributed by atoms with E-state index in [0.717, 1.165) is 17.0 Å². The van der Waals surface area contributed by atoms with Crippen LogP contribution < -0.4 is 10.3 Å². The molecule has 4 nitrogen and oxygen atoms in total. The third-order valence-electron chi connectivity index (χ3n) is 2.12. The summed E-state index contributed by atoms with van der Waals surface area (Å²) >= 11 is 0. The SMILES string of the molecule is CCOc1cccc(-c2ccc(=O)[nH]n2)c1. The van der Waals surface area contributed by atoms with E-state index in [4.69, 9.17) is 4.74 Å². The first-order valence-corrected chi connectivity index (χ1v) is 5.08. The Bertz CT molecular complexity index is 514. The summed E-state index contributed by atoms with van der Waals surface area (Å²) in [4.78, 5) is 10.9. The molecule has 0 aliphatic carbocycles. The first kappa shape index (κ1) is 10.4. The summed E-state index contributed by atoms with van der Waals surface area (Å²) in [6.45, 7) is 2.56. The predicted molar refractivity (Wildman–Crippen MR) is 61.5 cm³/mol. The molecule has 0 saturated carbocycles. The molecule has 1 heterocycles. The Morgan fingerprint density at radius 1 is 1.31 bits per heavy atom. The number of H-pyrrole nitrogens is 1. The van der Waals surface area contributed by atoms with Crippen molar-refractivity contribution >= 4 is 0 Å². The van der Waals surface area contributed by atoms with Crippen molar-refractivity contribution in [2.45, 2.75) is 6.92 Å². The van der Waals surface area contributed by atoms with Crippen molar-refractivity contribution in [1.29, 1.82) is 0 Å². The molecule has 0 atom stereocenters. The summed E-state index contributed by atoms with van der Waals surface area (Å²) in [6, 6.07) is 10.7. The molecule has 1 aromatic carbocycles. The van der Waals surface area contributed by atoms with Crippen LogP contribution in [-0.2, 0) is 0 Å². The molecular weight excluding hydrogens is 204 g/mol. The largest absolute Gasteiger partial charge is 0.494 e. The molecule has 0 aliphatic heterocycles. The van der Waals surface area contributed by atoms with Gasteiger partial charge in [-0.3, -0.25) is 4.79 Å². The monoisotopic (exact) mass is 216 g/mol. The third-order valence-corrected chi connectivity index (χ3v) is 2.12. The molecule has 2 rings (SSSR count). The average Bonchev–Trinajstić information content (AvgIpc) is 2.31. The van der Waals surface area contributed by atoms with Crippen LogP contribution in [0, 0.1) is 0 Å². The standard InChI is InChI=1S/C12H12N2O2/c1-2-16-10-5-3-4-9(8-10)11-6-7-12(15)14-13-11/h3-8H,2H2,1H3,(H,14,15). The van der Waals surface area contributed by atoms with Crippen molar-refractivity contribution in [3.8, 4) is 17.0 Å². The lowest BCUT2D eigenvalue weighted by atomic mass is 10.1. The van der Waals surface area contributed by atoms with E-state index in [1.807, 2.05) is 31.2 Å². The Balaban J connectivity index is 2.36. The molecule has 0 saturated heterocycles. The number of hydrogen-bond acceptors (Lipinski definition) is 3. The van der Waals surface area contributed by atoms with Gasteiger partial charge in [0.1, 0.15) is 5.75 Å². The lowest BCUT2D eigenvalue weighted by molar-refractivity contribution is 0.340. The van der Waals surface area contributed by atoms with Crippen LogP contribution in [0.15, 0.2) is 41.2 Å². The smallest absolute Gasteiger partial charge is 0.264 e. The summed E-state index contributed by atoms with van der Waals surface area (Å²) in [5, 5.41) is 6.36. The molecule has 0 radical (unpaired) electrons. The van der Waals surface area contributed by atoms with E-state index in [9.17, 15) is 4.79 Å². The van der Waals surface area contributed by atoms with Crippen LogP contribution in [0.2, 0.25) is 0 Å². The summed E-state index contributed by atoms with van der Waals surface area (Å²) in [5.41, 5.74) is 1.44. The van der Waals surface area contributed by atoms with Gasteiger partial charge in [-0.2, -0.15) is 5.10 Å². The number of nitrogens with zero attached hydrogens (tertiary/aromatic N) is 1. The van der Waals surface area contributed by atoms with Crippen LogP contribution in [0.5, 0.6) is 5.75 Å². The maximum atomic E-state index is 10.9. The van der Waals surface area contributed by atoms with Crippen molar-refractivity contribution in [3.05, 3.63) is 46.8 Å². The summed E-state index contributed by atoms with van der Waals surface area (Å²) in [6.07, 6.45) is 0. The van der Waals surface area contributed by atoms with Crippen LogP contribution in [-0.4, -0.2) is 16.8 Å². The zero-order valence-electron chi connectivity index (χ0n) is 8.93. The second-order valence-corrected chi connectivity index (χ2v) is 3.27. The van der Waals surface area contributed by atoms with Crippen molar-refractivity contribution in [2.24, 2.45) is 0 Å². The maximum Gasteiger partial charge on any atom is 0.264 e. The summed E-state index contributed by atoms with van der Waals surface area (Å²) in [7, 11) is 0. The van der Waals surface area contributed by atoms with Gasteiger partial charge in [-0.1, -0.05) is 12.1 Å². The third kappa shape index (κ3) is 2.28. The number of ether oxygens (including phenoxy) is 1. The minimum Gasteiger partial charge on any atom is -0.494 e. The van der Waals surface area contributed by atoms with Crippen LogP contribution in [0.4, 0.5) is 0 Å². The Morgan fingerprint density at radius 3 is 2.88 bits per heavy atom. The van der Waals surface area contributed by atoms with Gasteiger partial charge in [-0.05, 0) is 25.1 Å². The van der Waals surface area contributed by atoms with Crippen molar-refractivity contribution in [1.82, 2.24) is 10.2 Å². The van der Waals surface area contributed by atoms with Crippen LogP contribution in [0.1, 0.15) is 6.92 Å². The zero-order chi connectivity index (χ0) is 11.4. The fraction of sp³-hybridized carbons (Fsp3) is 0.167. The number of aromatic amines is 1. The highest BCUT2D eigenvalue weighted by atomic mass is 16.5. The number of nitrogens with one attached hydrogen (secondary N) is 1. The molecule has 1 N–H and O–H groups in total. The highest BCUT2D eigenvalue weighted by Gasteiger charge is 2.00. The van der Waals surface area contributed by atoms with E-state index >= 15 is 0 Å². The highest BCUT2D eigenvalue weighted by Crippen LogP contribution is 2.20. The van der Waals surface area contributed by atoms with Gasteiger partial charge in [0, 0.05) is 11.6 Å². The molecule has 0 unspecified atom stereocenters. The lowest BCUT2D eigenvalue weighted by Gasteiger charge is -2.04. The van der Waals surface area contributed by atoms with E-state index < -0.39 is 0 Å². The number of benzene rings is 1. The molecule has 0 aliphatic rings. The van der Waals surface area contributed by atoms with Gasteiger partial charge >= 0.3 is 0 Å². The van der Waals surface area contributed by atoms with Gasteiger partial charge in [0.05, 0.1) is 12.3 Å². The molecule has 1 aromatic heterocycles. The number of aromatic nitrogens is 2. The fourth-order valence-corrected chi connectivity index (χ4v) is 1.42. The number of hydrogen-bond donors (Lipinski definition) is 1. The van der Waals surface area contributed by atoms with Gasteiger partial charge in [0.15, 0.2) is 0 Å². The molecule has 0 fully saturated rings. The van der Waals surface area contributed by atoms with E-state index in [1.165, 1.54) is 6.07 Å². The van der Waals surface area contributed by atoms with E-state index in [0.29, 0.717) is 6.61 Å². The van der Waals surface area contributed by atoms with Gasteiger partial charge in [-0.25, -0.2) is 5.10 Å². The molecule has 16 heavy (non-hydrogen) atoms. The molecule has 0 bridgehead atoms. The van der Waals surface area contributed by atoms with Crippen LogP contribution in [0.3, 0.4) is 0 Å². The first-order chi connectivity index (χ1) is 7.79. The Hall–Kier alpha value is -2.10. The summed E-state index contributed by atoms with van der Waals surface area (Å²) in [5.74, 6) is 0.799. The van der Waals surface area contributed by atoms with Crippen LogP contribution >= 0.6 is 0 Å². The minimum absolute atomic E-state index is 0.204. The average molecular weight is 216 g/mol. The van der Waals surface area contributed by atoms with Crippen molar-refractivity contribution < 1.29 is 4.74 Å². The fourth-order valence-electron chi connectivity index (χ4n) is 1.42. The van der Waals surface area contributed by atoms with Gasteiger partial charge in [0.25, 0.3) is 5.56 Å². The molecule has 0 amide bonds. The Morgan fingerprint density at radius 2 is 2.19 bits per heavy atom. The van der Waals surface area contributed by atoms with Gasteiger partial charge in [0.2, 0.25) is 0 Å². The van der Waals surface area contributed by atoms with Crippen molar-refractivity contribution in [2.75, 3.05) is 6.61 Å². The molecule has 2 aromatic rings. The lowest BCUT2D eigenvalue weighted by Crippen LogP contribution is -2.05. The first-order valence-electron chi connectivity index (χ1n) is 5.08. The Labute approximate surface area is 92.9 Å². The molecule has 0 spiro atoms.